The average molecular weight is 244 g/mol. The van der Waals surface area contributed by atoms with Crippen molar-refractivity contribution in [3.63, 3.8) is 0 Å². The molecule has 2 atom stereocenters. The van der Waals surface area contributed by atoms with E-state index in [4.69, 9.17) is 15.9 Å². The summed E-state index contributed by atoms with van der Waals surface area (Å²) < 4.78 is 6.27. The van der Waals surface area contributed by atoms with E-state index in [9.17, 15) is 0 Å². The van der Waals surface area contributed by atoms with E-state index in [1.807, 2.05) is 6.08 Å². The van der Waals surface area contributed by atoms with Crippen molar-refractivity contribution in [1.82, 2.24) is 0 Å². The lowest BCUT2D eigenvalue weighted by Gasteiger charge is -2.46. The van der Waals surface area contributed by atoms with Crippen LogP contribution in [0.4, 0.5) is 0 Å². The first-order valence-corrected chi connectivity index (χ1v) is 12.7. The van der Waals surface area contributed by atoms with Gasteiger partial charge in [-0.2, -0.15) is 0 Å². The quantitative estimate of drug-likeness (QED) is 0.725. The van der Waals surface area contributed by atoms with Gasteiger partial charge >= 0.3 is 0 Å². The first-order chi connectivity index (χ1) is 6.80. The molecule has 2 unspecified atom stereocenters. The van der Waals surface area contributed by atoms with Gasteiger partial charge in [0.2, 0.25) is 0 Å². The predicted molar refractivity (Wildman–Crippen MR) is 70.6 cm³/mol. The Balaban J connectivity index is 2.70. The van der Waals surface area contributed by atoms with Gasteiger partial charge in [0.1, 0.15) is 0 Å². The maximum atomic E-state index is 6.27. The summed E-state index contributed by atoms with van der Waals surface area (Å²) in [7, 11) is -2.61. The summed E-state index contributed by atoms with van der Waals surface area (Å²) in [5.74, 6) is 0. The monoisotopic (exact) mass is 244 g/mol. The predicted octanol–water partition coefficient (Wildman–Crippen LogP) is 1.57. The van der Waals surface area contributed by atoms with Gasteiger partial charge < -0.3 is 15.9 Å². The third kappa shape index (κ3) is 2.72. The fourth-order valence-corrected chi connectivity index (χ4v) is 8.53. The third-order valence-corrected chi connectivity index (χ3v) is 20.5. The highest BCUT2D eigenvalue weighted by Crippen LogP contribution is 2.34. The molecule has 4 N–H and O–H groups in total. The molecule has 1 fully saturated rings. The van der Waals surface area contributed by atoms with Gasteiger partial charge in [-0.15, -0.1) is 0 Å². The largest absolute Gasteiger partial charge is 0.415 e. The first kappa shape index (κ1) is 13.0. The Morgan fingerprint density at radius 1 is 1.33 bits per heavy atom. The molecule has 0 aromatic rings. The Kier molecular flexibility index (Phi) is 3.81. The van der Waals surface area contributed by atoms with Crippen molar-refractivity contribution >= 4 is 15.4 Å². The topological polar surface area (TPSA) is 61.3 Å². The molecule has 0 amide bonds. The van der Waals surface area contributed by atoms with Gasteiger partial charge in [-0.3, -0.25) is 0 Å². The van der Waals surface area contributed by atoms with Gasteiger partial charge in [-0.25, -0.2) is 0 Å². The summed E-state index contributed by atoms with van der Waals surface area (Å²) in [5, 5.41) is 0. The molecule has 3 nitrogen and oxygen atoms in total. The van der Waals surface area contributed by atoms with Crippen molar-refractivity contribution in [1.29, 1.82) is 0 Å². The summed E-state index contributed by atoms with van der Waals surface area (Å²) in [6.07, 6.45) is 4.66. The van der Waals surface area contributed by atoms with E-state index < -0.39 is 15.4 Å². The summed E-state index contributed by atoms with van der Waals surface area (Å²) in [6, 6.07) is 1.30. The molecule has 0 radical (unpaired) electrons. The molecule has 0 saturated carbocycles. The Morgan fingerprint density at radius 2 is 1.93 bits per heavy atom. The Bertz CT molecular complexity index is 254. The van der Waals surface area contributed by atoms with Crippen LogP contribution in [0.15, 0.2) is 12.3 Å². The van der Waals surface area contributed by atoms with Crippen LogP contribution in [0, 0.1) is 0 Å². The Labute approximate surface area is 94.8 Å². The highest BCUT2D eigenvalue weighted by atomic mass is 29.3. The highest BCUT2D eigenvalue weighted by molar-refractivity contribution is 7.38. The van der Waals surface area contributed by atoms with Crippen LogP contribution in [0.3, 0.4) is 0 Å². The molecule has 0 spiro atoms. The van der Waals surface area contributed by atoms with E-state index in [-0.39, 0.29) is 12.1 Å². The van der Waals surface area contributed by atoms with Crippen LogP contribution < -0.4 is 11.5 Å². The Hall–Kier alpha value is -0.106. The van der Waals surface area contributed by atoms with Crippen molar-refractivity contribution < 1.29 is 4.43 Å². The number of hydrogen-bond acceptors (Lipinski definition) is 3. The van der Waals surface area contributed by atoms with E-state index in [1.165, 1.54) is 12.2 Å². The second-order valence-electron chi connectivity index (χ2n) is 5.55. The molecular formula is C10H24N2OSi2. The van der Waals surface area contributed by atoms with Gasteiger partial charge in [0, 0.05) is 6.04 Å². The van der Waals surface area contributed by atoms with Crippen LogP contribution in [-0.2, 0) is 4.43 Å². The Morgan fingerprint density at radius 3 is 2.40 bits per heavy atom. The minimum Gasteiger partial charge on any atom is -0.415 e. The summed E-state index contributed by atoms with van der Waals surface area (Å²) in [4.78, 5) is 0. The molecule has 1 heterocycles. The van der Waals surface area contributed by atoms with Crippen LogP contribution in [0.25, 0.3) is 0 Å². The molecule has 0 aliphatic carbocycles. The zero-order valence-corrected chi connectivity index (χ0v) is 12.3. The van der Waals surface area contributed by atoms with E-state index in [1.54, 1.807) is 0 Å². The molecule has 1 aliphatic heterocycles. The van der Waals surface area contributed by atoms with Crippen molar-refractivity contribution in [2.24, 2.45) is 11.5 Å². The maximum Gasteiger partial charge on any atom is 0.174 e. The summed E-state index contributed by atoms with van der Waals surface area (Å²) >= 11 is 0. The van der Waals surface area contributed by atoms with E-state index in [0.29, 0.717) is 0 Å². The summed E-state index contributed by atoms with van der Waals surface area (Å²) in [5.41, 5.74) is 11.4. The molecule has 15 heavy (non-hydrogen) atoms. The van der Waals surface area contributed by atoms with Gasteiger partial charge in [0.15, 0.2) is 7.83 Å². The number of nitrogens with two attached hydrogens (primary N) is 2. The van der Waals surface area contributed by atoms with Crippen LogP contribution in [0.5, 0.6) is 0 Å². The third-order valence-electron chi connectivity index (χ3n) is 3.89. The van der Waals surface area contributed by atoms with E-state index in [2.05, 4.69) is 26.2 Å². The zero-order chi connectivity index (χ0) is 11.7. The molecule has 88 valence electrons. The standard InChI is InChI=1S/C10H24N2OSi2/c1-14(2)8-6-10(9(12)5-7-11)13-15(14,3)4/h5,7,9-10H,6,8,11-12H2,1-4H3. The number of hydrogen-bond donors (Lipinski definition) is 2. The van der Waals surface area contributed by atoms with Crippen LogP contribution in [-0.4, -0.2) is 27.6 Å². The zero-order valence-electron chi connectivity index (χ0n) is 10.3. The van der Waals surface area contributed by atoms with Crippen LogP contribution in [0.2, 0.25) is 32.2 Å². The van der Waals surface area contributed by atoms with Crippen molar-refractivity contribution in [2.75, 3.05) is 0 Å². The SMILES string of the molecule is C[Si]1(C)CCC(C(N)C=CN)O[Si]1(C)C. The molecule has 0 aromatic heterocycles. The maximum absolute atomic E-state index is 6.27. The van der Waals surface area contributed by atoms with Crippen LogP contribution in [0.1, 0.15) is 6.42 Å². The fraction of sp³-hybridized carbons (Fsp3) is 0.800. The fourth-order valence-electron chi connectivity index (χ4n) is 1.92. The molecule has 1 rings (SSSR count). The van der Waals surface area contributed by atoms with Gasteiger partial charge in [-0.05, 0) is 31.8 Å². The average Bonchev–Trinajstić information content (AvgIpc) is 2.10. The lowest BCUT2D eigenvalue weighted by atomic mass is 10.1. The lowest BCUT2D eigenvalue weighted by molar-refractivity contribution is 0.171. The van der Waals surface area contributed by atoms with Crippen molar-refractivity contribution in [3.05, 3.63) is 12.3 Å². The second-order valence-corrected chi connectivity index (χ2v) is 20.7. The summed E-state index contributed by atoms with van der Waals surface area (Å²) in [6.45, 7) is 9.56. The lowest BCUT2D eigenvalue weighted by Crippen LogP contribution is -2.63. The molecule has 5 heteroatoms. The molecule has 1 aliphatic rings. The minimum atomic E-state index is -1.49. The smallest absolute Gasteiger partial charge is 0.174 e. The first-order valence-electron chi connectivity index (χ1n) is 5.62. The van der Waals surface area contributed by atoms with Crippen LogP contribution >= 0.6 is 0 Å². The van der Waals surface area contributed by atoms with E-state index >= 15 is 0 Å². The highest BCUT2D eigenvalue weighted by Gasteiger charge is 2.48. The second kappa shape index (κ2) is 4.41. The normalized spacial score (nSPS) is 31.7. The van der Waals surface area contributed by atoms with Gasteiger partial charge in [-0.1, -0.05) is 19.1 Å². The van der Waals surface area contributed by atoms with Crippen molar-refractivity contribution in [2.45, 2.75) is 50.8 Å². The molecule has 0 bridgehead atoms. The van der Waals surface area contributed by atoms with Gasteiger partial charge in [0.05, 0.1) is 13.7 Å². The van der Waals surface area contributed by atoms with Crippen molar-refractivity contribution in [3.8, 4) is 0 Å². The van der Waals surface area contributed by atoms with Gasteiger partial charge in [0.25, 0.3) is 0 Å². The van der Waals surface area contributed by atoms with E-state index in [0.717, 1.165) is 6.42 Å². The molecule has 1 saturated heterocycles. The minimum absolute atomic E-state index is 0.0353. The molecule has 0 aromatic carbocycles. The molecular weight excluding hydrogens is 220 g/mol. The number of rotatable bonds is 2.